The summed E-state index contributed by atoms with van der Waals surface area (Å²) in [6.07, 6.45) is 6.72. The molecule has 0 saturated heterocycles. The van der Waals surface area contributed by atoms with Gasteiger partial charge < -0.3 is 15.7 Å². The lowest BCUT2D eigenvalue weighted by atomic mass is 9.89. The average molecular weight is 256 g/mol. The highest BCUT2D eigenvalue weighted by atomic mass is 16.4. The summed E-state index contributed by atoms with van der Waals surface area (Å²) in [6.45, 7) is 2.71. The highest BCUT2D eigenvalue weighted by Gasteiger charge is 2.17. The summed E-state index contributed by atoms with van der Waals surface area (Å²) in [5, 5.41) is 14.3. The Labute approximate surface area is 108 Å². The third-order valence-corrected chi connectivity index (χ3v) is 3.63. The van der Waals surface area contributed by atoms with Crippen LogP contribution in [0.2, 0.25) is 0 Å². The maximum absolute atomic E-state index is 11.5. The Morgan fingerprint density at radius 1 is 1.22 bits per heavy atom. The van der Waals surface area contributed by atoms with Crippen LogP contribution in [0.3, 0.4) is 0 Å². The molecule has 0 spiro atoms. The van der Waals surface area contributed by atoms with Crippen molar-refractivity contribution >= 4 is 12.0 Å². The zero-order valence-corrected chi connectivity index (χ0v) is 11.1. The van der Waals surface area contributed by atoms with E-state index in [1.807, 2.05) is 0 Å². The van der Waals surface area contributed by atoms with Crippen LogP contribution in [0.5, 0.6) is 0 Å². The molecule has 0 aromatic carbocycles. The van der Waals surface area contributed by atoms with E-state index >= 15 is 0 Å². The molecule has 5 heteroatoms. The number of urea groups is 1. The number of carbonyl (C=O) groups is 2. The van der Waals surface area contributed by atoms with Crippen molar-refractivity contribution in [2.45, 2.75) is 45.4 Å². The first-order valence-corrected chi connectivity index (χ1v) is 6.88. The third-order valence-electron chi connectivity index (χ3n) is 3.63. The van der Waals surface area contributed by atoms with Crippen molar-refractivity contribution in [3.8, 4) is 0 Å². The molecule has 1 atom stereocenters. The van der Waals surface area contributed by atoms with Gasteiger partial charge in [-0.05, 0) is 25.2 Å². The Kier molecular flexibility index (Phi) is 6.54. The number of hydrogen-bond donors (Lipinski definition) is 3. The van der Waals surface area contributed by atoms with E-state index in [9.17, 15) is 9.59 Å². The zero-order chi connectivity index (χ0) is 13.4. The second-order valence-electron chi connectivity index (χ2n) is 5.04. The van der Waals surface area contributed by atoms with Crippen LogP contribution >= 0.6 is 0 Å². The first-order chi connectivity index (χ1) is 8.63. The molecule has 0 heterocycles. The predicted molar refractivity (Wildman–Crippen MR) is 69.4 cm³/mol. The molecule has 0 aromatic heterocycles. The van der Waals surface area contributed by atoms with Crippen LogP contribution in [0.1, 0.15) is 45.4 Å². The van der Waals surface area contributed by atoms with Gasteiger partial charge in [0.2, 0.25) is 0 Å². The molecule has 2 amide bonds. The Bertz CT molecular complexity index is 275. The van der Waals surface area contributed by atoms with Gasteiger partial charge in [-0.1, -0.05) is 26.2 Å². The van der Waals surface area contributed by atoms with Crippen LogP contribution in [0, 0.1) is 11.8 Å². The van der Waals surface area contributed by atoms with E-state index in [4.69, 9.17) is 5.11 Å². The molecule has 1 aliphatic carbocycles. The number of rotatable bonds is 6. The van der Waals surface area contributed by atoms with Crippen LogP contribution < -0.4 is 10.6 Å². The summed E-state index contributed by atoms with van der Waals surface area (Å²) in [7, 11) is 0. The van der Waals surface area contributed by atoms with E-state index in [2.05, 4.69) is 10.6 Å². The normalized spacial score (nSPS) is 18.1. The van der Waals surface area contributed by atoms with Crippen molar-refractivity contribution in [2.75, 3.05) is 13.1 Å². The number of carbonyl (C=O) groups excluding carboxylic acids is 1. The highest BCUT2D eigenvalue weighted by Crippen LogP contribution is 2.22. The Balaban J connectivity index is 2.14. The number of carboxylic acids is 1. The summed E-state index contributed by atoms with van der Waals surface area (Å²) >= 11 is 0. The first-order valence-electron chi connectivity index (χ1n) is 6.88. The summed E-state index contributed by atoms with van der Waals surface area (Å²) in [5.41, 5.74) is 0. The van der Waals surface area contributed by atoms with Crippen molar-refractivity contribution in [3.63, 3.8) is 0 Å². The summed E-state index contributed by atoms with van der Waals surface area (Å²) in [6, 6.07) is -0.250. The molecule has 0 radical (unpaired) electrons. The number of aliphatic carboxylic acids is 1. The second kappa shape index (κ2) is 7.95. The fraction of sp³-hybridized carbons (Fsp3) is 0.846. The van der Waals surface area contributed by atoms with Gasteiger partial charge in [-0.3, -0.25) is 4.79 Å². The molecular weight excluding hydrogens is 232 g/mol. The van der Waals surface area contributed by atoms with Crippen molar-refractivity contribution in [2.24, 2.45) is 11.8 Å². The van der Waals surface area contributed by atoms with Crippen molar-refractivity contribution in [1.82, 2.24) is 10.6 Å². The van der Waals surface area contributed by atoms with Gasteiger partial charge in [0.25, 0.3) is 0 Å². The lowest BCUT2D eigenvalue weighted by molar-refractivity contribution is -0.141. The highest BCUT2D eigenvalue weighted by molar-refractivity contribution is 5.75. The number of nitrogens with one attached hydrogen (secondary N) is 2. The van der Waals surface area contributed by atoms with Gasteiger partial charge in [0.15, 0.2) is 0 Å². The zero-order valence-electron chi connectivity index (χ0n) is 11.1. The van der Waals surface area contributed by atoms with Crippen LogP contribution in [-0.2, 0) is 4.79 Å². The topological polar surface area (TPSA) is 78.4 Å². The molecule has 104 valence electrons. The molecule has 1 aliphatic rings. The molecule has 18 heavy (non-hydrogen) atoms. The quantitative estimate of drug-likeness (QED) is 0.680. The van der Waals surface area contributed by atoms with E-state index in [1.54, 1.807) is 6.92 Å². The Morgan fingerprint density at radius 3 is 2.44 bits per heavy atom. The minimum Gasteiger partial charge on any atom is -0.481 e. The van der Waals surface area contributed by atoms with Gasteiger partial charge in [0.1, 0.15) is 0 Å². The van der Waals surface area contributed by atoms with Crippen LogP contribution in [-0.4, -0.2) is 30.2 Å². The minimum atomic E-state index is -0.856. The fourth-order valence-corrected chi connectivity index (χ4v) is 2.31. The molecule has 0 bridgehead atoms. The molecular formula is C13H24N2O3. The SMILES string of the molecule is CCC(CNC(=O)NCC1CCCCC1)C(=O)O. The largest absolute Gasteiger partial charge is 0.481 e. The lowest BCUT2D eigenvalue weighted by Gasteiger charge is -2.22. The Hall–Kier alpha value is -1.26. The molecule has 1 fully saturated rings. The number of amides is 2. The van der Waals surface area contributed by atoms with Gasteiger partial charge in [0.05, 0.1) is 5.92 Å². The summed E-state index contributed by atoms with van der Waals surface area (Å²) < 4.78 is 0. The molecule has 1 saturated carbocycles. The van der Waals surface area contributed by atoms with Crippen LogP contribution in [0.15, 0.2) is 0 Å². The minimum absolute atomic E-state index is 0.197. The van der Waals surface area contributed by atoms with Crippen molar-refractivity contribution in [1.29, 1.82) is 0 Å². The monoisotopic (exact) mass is 256 g/mol. The molecule has 0 aliphatic heterocycles. The fourth-order valence-electron chi connectivity index (χ4n) is 2.31. The second-order valence-corrected chi connectivity index (χ2v) is 5.04. The van der Waals surface area contributed by atoms with E-state index in [0.717, 1.165) is 0 Å². The molecule has 1 rings (SSSR count). The first kappa shape index (κ1) is 14.8. The number of hydrogen-bond acceptors (Lipinski definition) is 2. The van der Waals surface area contributed by atoms with Crippen LogP contribution in [0.4, 0.5) is 4.79 Å². The maximum Gasteiger partial charge on any atom is 0.314 e. The molecule has 0 aromatic rings. The maximum atomic E-state index is 11.5. The predicted octanol–water partition coefficient (Wildman–Crippen LogP) is 1.98. The average Bonchev–Trinajstić information content (AvgIpc) is 2.38. The van der Waals surface area contributed by atoms with Gasteiger partial charge in [-0.15, -0.1) is 0 Å². The van der Waals surface area contributed by atoms with E-state index in [1.165, 1.54) is 32.1 Å². The molecule has 1 unspecified atom stereocenters. The summed E-state index contributed by atoms with van der Waals surface area (Å²) in [4.78, 5) is 22.3. The third kappa shape index (κ3) is 5.38. The lowest BCUT2D eigenvalue weighted by Crippen LogP contribution is -2.41. The van der Waals surface area contributed by atoms with E-state index in [-0.39, 0.29) is 12.6 Å². The molecule has 5 nitrogen and oxygen atoms in total. The van der Waals surface area contributed by atoms with Gasteiger partial charge in [-0.2, -0.15) is 0 Å². The van der Waals surface area contributed by atoms with Gasteiger partial charge in [-0.25, -0.2) is 4.79 Å². The standard InChI is InChI=1S/C13H24N2O3/c1-2-11(12(16)17)9-15-13(18)14-8-10-6-4-3-5-7-10/h10-11H,2-9H2,1H3,(H,16,17)(H2,14,15,18). The van der Waals surface area contributed by atoms with E-state index < -0.39 is 11.9 Å². The van der Waals surface area contributed by atoms with E-state index in [0.29, 0.717) is 18.9 Å². The van der Waals surface area contributed by atoms with Crippen molar-refractivity contribution < 1.29 is 14.7 Å². The van der Waals surface area contributed by atoms with Gasteiger partial charge in [0, 0.05) is 13.1 Å². The van der Waals surface area contributed by atoms with Crippen LogP contribution in [0.25, 0.3) is 0 Å². The number of carboxylic acid groups (broad SMARTS) is 1. The molecule has 3 N–H and O–H groups in total. The smallest absolute Gasteiger partial charge is 0.314 e. The van der Waals surface area contributed by atoms with Gasteiger partial charge >= 0.3 is 12.0 Å². The Morgan fingerprint density at radius 2 is 1.89 bits per heavy atom. The van der Waals surface area contributed by atoms with Crippen molar-refractivity contribution in [3.05, 3.63) is 0 Å². The summed E-state index contributed by atoms with van der Waals surface area (Å²) in [5.74, 6) is -0.763.